The van der Waals surface area contributed by atoms with Crippen LogP contribution in [0.25, 0.3) is 5.76 Å². The zero-order valence-electron chi connectivity index (χ0n) is 15.4. The van der Waals surface area contributed by atoms with Crippen LogP contribution >= 0.6 is 0 Å². The first kappa shape index (κ1) is 20.9. The smallest absolute Gasteiger partial charge is 0.339 e. The van der Waals surface area contributed by atoms with Crippen LogP contribution in [0.4, 0.5) is 4.39 Å². The Balaban J connectivity index is 2.11. The minimum atomic E-state index is -4.38. The summed E-state index contributed by atoms with van der Waals surface area (Å²) >= 11 is 0. The van der Waals surface area contributed by atoms with Gasteiger partial charge in [-0.2, -0.15) is 5.10 Å². The van der Waals surface area contributed by atoms with Crippen LogP contribution < -0.4 is 0 Å². The summed E-state index contributed by atoms with van der Waals surface area (Å²) in [6.45, 7) is 1.59. The van der Waals surface area contributed by atoms with Crippen molar-refractivity contribution in [3.63, 3.8) is 0 Å². The predicted octanol–water partition coefficient (Wildman–Crippen LogP) is 1.94. The number of aliphatic hydroxyl groups excluding tert-OH is 1. The van der Waals surface area contributed by atoms with Crippen molar-refractivity contribution in [1.82, 2.24) is 19.2 Å². The molecule has 2 N–H and O–H groups in total. The number of ether oxygens (including phenoxy) is 1. The number of hydrogen-bond acceptors (Lipinski definition) is 8. The van der Waals surface area contributed by atoms with Crippen molar-refractivity contribution in [2.24, 2.45) is 0 Å². The summed E-state index contributed by atoms with van der Waals surface area (Å²) in [7, 11) is -4.38. The van der Waals surface area contributed by atoms with E-state index in [2.05, 4.69) is 15.2 Å². The number of halogens is 1. The van der Waals surface area contributed by atoms with Crippen LogP contribution in [0.1, 0.15) is 33.6 Å². The summed E-state index contributed by atoms with van der Waals surface area (Å²) in [6.07, 6.45) is 2.80. The van der Waals surface area contributed by atoms with E-state index in [4.69, 9.17) is 4.74 Å². The van der Waals surface area contributed by atoms with Crippen LogP contribution in [0.2, 0.25) is 0 Å². The van der Waals surface area contributed by atoms with Crippen molar-refractivity contribution in [3.05, 3.63) is 71.8 Å². The van der Waals surface area contributed by atoms with Crippen LogP contribution in [0.5, 0.6) is 0 Å². The van der Waals surface area contributed by atoms with Crippen LogP contribution in [-0.2, 0) is 14.8 Å². The van der Waals surface area contributed by atoms with E-state index in [-0.39, 0.29) is 22.9 Å². The van der Waals surface area contributed by atoms with E-state index in [1.807, 2.05) is 0 Å². The van der Waals surface area contributed by atoms with E-state index in [1.165, 1.54) is 6.33 Å². The van der Waals surface area contributed by atoms with Gasteiger partial charge in [-0.05, 0) is 37.3 Å². The summed E-state index contributed by atoms with van der Waals surface area (Å²) in [4.78, 5) is 28.1. The number of aromatic nitrogens is 4. The van der Waals surface area contributed by atoms with Gasteiger partial charge in [-0.25, -0.2) is 26.6 Å². The average Bonchev–Trinajstić information content (AvgIpc) is 3.39. The van der Waals surface area contributed by atoms with Gasteiger partial charge in [0.25, 0.3) is 10.0 Å². The van der Waals surface area contributed by atoms with E-state index in [1.54, 1.807) is 6.92 Å². The molecule has 2 heterocycles. The number of aliphatic hydroxyl groups is 1. The predicted molar refractivity (Wildman–Crippen MR) is 101 cm³/mol. The molecule has 2 aromatic heterocycles. The quantitative estimate of drug-likeness (QED) is 0.248. The van der Waals surface area contributed by atoms with Gasteiger partial charge in [0, 0.05) is 12.3 Å². The lowest BCUT2D eigenvalue weighted by atomic mass is 10.2. The summed E-state index contributed by atoms with van der Waals surface area (Å²) < 4.78 is 44.6. The van der Waals surface area contributed by atoms with Crippen LogP contribution in [0.15, 0.2) is 53.8 Å². The number of nitrogens with one attached hydrogen (secondary N) is 1. The van der Waals surface area contributed by atoms with Crippen LogP contribution in [-0.4, -0.2) is 51.0 Å². The monoisotopic (exact) mass is 434 g/mol. The number of allylic oxidation sites excluding steroid dienone is 1. The molecule has 0 saturated heterocycles. The average molecular weight is 434 g/mol. The Bertz CT molecular complexity index is 1210. The Hall–Kier alpha value is -3.80. The van der Waals surface area contributed by atoms with Gasteiger partial charge >= 0.3 is 5.97 Å². The number of esters is 1. The van der Waals surface area contributed by atoms with Crippen molar-refractivity contribution in [2.75, 3.05) is 6.61 Å². The van der Waals surface area contributed by atoms with Crippen molar-refractivity contribution >= 4 is 27.5 Å². The van der Waals surface area contributed by atoms with Gasteiger partial charge in [0.2, 0.25) is 11.6 Å². The number of H-pyrrole nitrogens is 1. The minimum Gasteiger partial charge on any atom is -0.504 e. The molecular weight excluding hydrogens is 419 g/mol. The molecule has 0 saturated carbocycles. The topological polar surface area (TPSA) is 144 Å². The standard InChI is InChI=1S/C18H15FN4O6S/c1-2-29-18(26)11-7-14(15(24)8-16(25)17-20-10-21-22-17)23(9-11)30(27,28)13-5-3-12(19)4-6-13/h3-10,25H,2H2,1H3,(H,20,21,22). The molecule has 0 aliphatic carbocycles. The number of carbonyl (C=O) groups excluding carboxylic acids is 2. The molecule has 0 radical (unpaired) electrons. The number of carbonyl (C=O) groups is 2. The lowest BCUT2D eigenvalue weighted by Crippen LogP contribution is -2.17. The molecule has 10 nitrogen and oxygen atoms in total. The van der Waals surface area contributed by atoms with Crippen molar-refractivity contribution in [1.29, 1.82) is 0 Å². The second kappa shape index (κ2) is 8.29. The van der Waals surface area contributed by atoms with E-state index in [9.17, 15) is 27.5 Å². The Labute approximate surface area is 169 Å². The summed E-state index contributed by atoms with van der Waals surface area (Å²) in [5, 5.41) is 15.9. The second-order valence-electron chi connectivity index (χ2n) is 5.81. The normalized spacial score (nSPS) is 12.0. The summed E-state index contributed by atoms with van der Waals surface area (Å²) in [5.41, 5.74) is -0.652. The largest absolute Gasteiger partial charge is 0.504 e. The van der Waals surface area contributed by atoms with Gasteiger partial charge in [-0.15, -0.1) is 0 Å². The molecule has 0 bridgehead atoms. The fraction of sp³-hybridized carbons (Fsp3) is 0.111. The lowest BCUT2D eigenvalue weighted by molar-refractivity contribution is 0.0526. The summed E-state index contributed by atoms with van der Waals surface area (Å²) in [5.74, 6) is -3.25. The third-order valence-electron chi connectivity index (χ3n) is 3.83. The Morgan fingerprint density at radius 2 is 2.00 bits per heavy atom. The van der Waals surface area contributed by atoms with E-state index in [0.717, 1.165) is 36.5 Å². The Morgan fingerprint density at radius 1 is 1.30 bits per heavy atom. The maximum Gasteiger partial charge on any atom is 0.339 e. The molecule has 0 fully saturated rings. The molecule has 1 aromatic carbocycles. The highest BCUT2D eigenvalue weighted by Crippen LogP contribution is 2.21. The van der Waals surface area contributed by atoms with E-state index >= 15 is 0 Å². The molecule has 0 aliphatic rings. The van der Waals surface area contributed by atoms with Gasteiger partial charge in [0.15, 0.2) is 5.76 Å². The molecule has 0 atom stereocenters. The first-order valence-electron chi connectivity index (χ1n) is 8.46. The van der Waals surface area contributed by atoms with Crippen LogP contribution in [0, 0.1) is 5.82 Å². The van der Waals surface area contributed by atoms with Gasteiger partial charge in [-0.3, -0.25) is 9.89 Å². The molecule has 12 heteroatoms. The maximum absolute atomic E-state index is 13.2. The third-order valence-corrected chi connectivity index (χ3v) is 5.52. The van der Waals surface area contributed by atoms with Gasteiger partial charge in [0.05, 0.1) is 17.1 Å². The summed E-state index contributed by atoms with van der Waals surface area (Å²) in [6, 6.07) is 4.94. The first-order valence-corrected chi connectivity index (χ1v) is 9.90. The number of benzene rings is 1. The molecule has 0 aliphatic heterocycles. The molecule has 0 unspecified atom stereocenters. The highest BCUT2D eigenvalue weighted by Gasteiger charge is 2.26. The zero-order valence-corrected chi connectivity index (χ0v) is 16.3. The highest BCUT2D eigenvalue weighted by molar-refractivity contribution is 7.90. The lowest BCUT2D eigenvalue weighted by Gasteiger charge is -2.09. The highest BCUT2D eigenvalue weighted by atomic mass is 32.2. The molecule has 156 valence electrons. The number of ketones is 1. The van der Waals surface area contributed by atoms with Gasteiger partial charge in [0.1, 0.15) is 17.8 Å². The van der Waals surface area contributed by atoms with Crippen LogP contribution in [0.3, 0.4) is 0 Å². The van der Waals surface area contributed by atoms with E-state index in [0.29, 0.717) is 10.0 Å². The molecule has 3 rings (SSSR count). The van der Waals surface area contributed by atoms with Crippen molar-refractivity contribution in [3.8, 4) is 0 Å². The molecule has 30 heavy (non-hydrogen) atoms. The number of aromatic amines is 1. The molecule has 3 aromatic rings. The Morgan fingerprint density at radius 3 is 2.60 bits per heavy atom. The van der Waals surface area contributed by atoms with Crippen molar-refractivity contribution in [2.45, 2.75) is 11.8 Å². The zero-order chi connectivity index (χ0) is 21.9. The van der Waals surface area contributed by atoms with Gasteiger partial charge in [-0.1, -0.05) is 0 Å². The second-order valence-corrected chi connectivity index (χ2v) is 7.62. The van der Waals surface area contributed by atoms with Gasteiger partial charge < -0.3 is 9.84 Å². The maximum atomic E-state index is 13.2. The van der Waals surface area contributed by atoms with Crippen molar-refractivity contribution < 1.29 is 32.2 Å². The fourth-order valence-corrected chi connectivity index (χ4v) is 3.82. The number of nitrogens with zero attached hydrogens (tertiary/aromatic N) is 3. The van der Waals surface area contributed by atoms with E-state index < -0.39 is 39.0 Å². The number of rotatable bonds is 7. The SMILES string of the molecule is CCOC(=O)c1cc(C(=O)C=C(O)c2nc[nH]n2)n(S(=O)(=O)c2ccc(F)cc2)c1. The first-order chi connectivity index (χ1) is 14.2. The molecule has 0 amide bonds. The molecular formula is C18H15FN4O6S. The minimum absolute atomic E-state index is 0.0313. The molecule has 0 spiro atoms. The third kappa shape index (κ3) is 4.12. The number of hydrogen-bond donors (Lipinski definition) is 2. The Kier molecular flexibility index (Phi) is 5.78. The fourth-order valence-electron chi connectivity index (χ4n) is 2.46.